The molecular formula is C13H43NO. The van der Waals surface area contributed by atoms with Gasteiger partial charge in [0.05, 0.1) is 0 Å². The lowest BCUT2D eigenvalue weighted by atomic mass is 11.0. The van der Waals surface area contributed by atoms with Crippen molar-refractivity contribution in [1.82, 2.24) is 0 Å². The molecule has 0 rings (SSSR count). The summed E-state index contributed by atoms with van der Waals surface area (Å²) in [5.41, 5.74) is 4.50. The summed E-state index contributed by atoms with van der Waals surface area (Å²) in [7, 11) is 1.50. The van der Waals surface area contributed by atoms with E-state index in [1.807, 2.05) is 83.1 Å². The highest BCUT2D eigenvalue weighted by molar-refractivity contribution is 3.54. The largest absolute Gasteiger partial charge is 0.412 e. The molecule has 0 atom stereocenters. The van der Waals surface area contributed by atoms with Crippen molar-refractivity contribution >= 4 is 0 Å². The van der Waals surface area contributed by atoms with Crippen LogP contribution in [0, 0.1) is 0 Å². The zero-order valence-electron chi connectivity index (χ0n) is 14.1. The Morgan fingerprint density at radius 3 is 0.333 bits per heavy atom. The number of hydrogen-bond acceptors (Lipinski definition) is 1. The van der Waals surface area contributed by atoms with Crippen molar-refractivity contribution in [2.45, 2.75) is 83.1 Å². The first-order chi connectivity index (χ1) is 7.00. The van der Waals surface area contributed by atoms with Gasteiger partial charge in [-0.05, 0) is 7.05 Å². The molecule has 15 heavy (non-hydrogen) atoms. The van der Waals surface area contributed by atoms with Crippen LogP contribution in [0.2, 0.25) is 0 Å². The van der Waals surface area contributed by atoms with Crippen LogP contribution in [0.5, 0.6) is 0 Å². The summed E-state index contributed by atoms with van der Waals surface area (Å²) in [5.74, 6) is 0. The third kappa shape index (κ3) is 309000. The minimum Gasteiger partial charge on any atom is -0.412 e. The van der Waals surface area contributed by atoms with E-state index in [9.17, 15) is 0 Å². The summed E-state index contributed by atoms with van der Waals surface area (Å²) in [6, 6.07) is 0. The van der Waals surface area contributed by atoms with Gasteiger partial charge in [0.1, 0.15) is 0 Å². The van der Waals surface area contributed by atoms with Gasteiger partial charge in [-0.3, -0.25) is 0 Å². The third-order valence-corrected chi connectivity index (χ3v) is 0. The van der Waals surface area contributed by atoms with Gasteiger partial charge in [-0.2, -0.15) is 0 Å². The molecule has 0 aliphatic carbocycles. The Bertz CT molecular complexity index is 10.5. The van der Waals surface area contributed by atoms with Crippen molar-refractivity contribution in [2.75, 3.05) is 7.05 Å². The van der Waals surface area contributed by atoms with Crippen LogP contribution in [-0.2, 0) is 0 Å². The molecule has 0 saturated heterocycles. The Balaban J connectivity index is -0.00000000628. The zero-order chi connectivity index (χ0) is 14.0. The SMILES string of the molecule is CC.CC.CC.CC.CC.CC.CN.O. The molecule has 0 unspecified atom stereocenters. The van der Waals surface area contributed by atoms with Gasteiger partial charge >= 0.3 is 0 Å². The van der Waals surface area contributed by atoms with Crippen LogP contribution < -0.4 is 5.73 Å². The van der Waals surface area contributed by atoms with Crippen molar-refractivity contribution in [3.63, 3.8) is 0 Å². The van der Waals surface area contributed by atoms with Crippen molar-refractivity contribution < 1.29 is 5.48 Å². The lowest BCUT2D eigenvalue weighted by Crippen LogP contribution is -1.69. The summed E-state index contributed by atoms with van der Waals surface area (Å²) in [5, 5.41) is 0. The van der Waals surface area contributed by atoms with Gasteiger partial charge in [0.15, 0.2) is 0 Å². The third-order valence-electron chi connectivity index (χ3n) is 0. The van der Waals surface area contributed by atoms with Crippen molar-refractivity contribution in [3.8, 4) is 0 Å². The standard InChI is InChI=1S/6C2H6.CH5N.H2O/c7*1-2;/h6*1-2H3;2H2,1H3;1H2. The summed E-state index contributed by atoms with van der Waals surface area (Å²) in [6.45, 7) is 24.0. The normalized spacial score (nSPS) is 2.80. The van der Waals surface area contributed by atoms with E-state index in [2.05, 4.69) is 5.73 Å². The van der Waals surface area contributed by atoms with Gasteiger partial charge in [0, 0.05) is 0 Å². The zero-order valence-corrected chi connectivity index (χ0v) is 14.1. The van der Waals surface area contributed by atoms with Crippen LogP contribution in [0.15, 0.2) is 0 Å². The van der Waals surface area contributed by atoms with E-state index in [0.29, 0.717) is 0 Å². The fourth-order valence-electron chi connectivity index (χ4n) is 0. The van der Waals surface area contributed by atoms with Gasteiger partial charge in [-0.25, -0.2) is 0 Å². The summed E-state index contributed by atoms with van der Waals surface area (Å²) in [4.78, 5) is 0. The first-order valence-corrected chi connectivity index (χ1v) is 6.58. The van der Waals surface area contributed by atoms with E-state index in [0.717, 1.165) is 0 Å². The van der Waals surface area contributed by atoms with Crippen LogP contribution in [0.4, 0.5) is 0 Å². The Morgan fingerprint density at radius 2 is 0.333 bits per heavy atom. The molecular weight excluding hydrogens is 186 g/mol. The summed E-state index contributed by atoms with van der Waals surface area (Å²) >= 11 is 0. The molecule has 0 amide bonds. The highest BCUT2D eigenvalue weighted by Gasteiger charge is 0.942. The summed E-state index contributed by atoms with van der Waals surface area (Å²) in [6.07, 6.45) is 0. The Hall–Kier alpha value is -0.0800. The Kier molecular flexibility index (Phi) is 1460000. The van der Waals surface area contributed by atoms with Crippen molar-refractivity contribution in [1.29, 1.82) is 0 Å². The van der Waals surface area contributed by atoms with Gasteiger partial charge in [-0.1, -0.05) is 83.1 Å². The predicted octanol–water partition coefficient (Wildman–Crippen LogP) is 4.91. The first-order valence-electron chi connectivity index (χ1n) is 6.58. The second-order valence-corrected chi connectivity index (χ2v) is 0. The molecule has 2 heteroatoms. The van der Waals surface area contributed by atoms with Crippen molar-refractivity contribution in [2.24, 2.45) is 5.73 Å². The lowest BCUT2D eigenvalue weighted by Gasteiger charge is -1.19. The molecule has 0 aliphatic rings. The molecule has 0 aromatic rings. The van der Waals surface area contributed by atoms with Crippen LogP contribution in [0.25, 0.3) is 0 Å². The quantitative estimate of drug-likeness (QED) is 0.630. The van der Waals surface area contributed by atoms with E-state index in [1.54, 1.807) is 0 Å². The van der Waals surface area contributed by atoms with Crippen LogP contribution >= 0.6 is 0 Å². The Morgan fingerprint density at radius 1 is 0.333 bits per heavy atom. The van der Waals surface area contributed by atoms with Gasteiger partial charge in [-0.15, -0.1) is 0 Å². The topological polar surface area (TPSA) is 57.5 Å². The molecule has 0 heterocycles. The minimum absolute atomic E-state index is 0. The van der Waals surface area contributed by atoms with E-state index in [1.165, 1.54) is 7.05 Å². The first kappa shape index (κ1) is 60.4. The fourth-order valence-corrected chi connectivity index (χ4v) is 0. The smallest absolute Gasteiger partial charge is 0.0195 e. The number of rotatable bonds is 0. The molecule has 0 fully saturated rings. The van der Waals surface area contributed by atoms with E-state index < -0.39 is 0 Å². The Labute approximate surface area is 102 Å². The van der Waals surface area contributed by atoms with Crippen molar-refractivity contribution in [3.05, 3.63) is 0 Å². The highest BCUT2D eigenvalue weighted by atomic mass is 16.0. The lowest BCUT2D eigenvalue weighted by molar-refractivity contribution is 0.824. The summed E-state index contributed by atoms with van der Waals surface area (Å²) < 4.78 is 0. The number of hydrogen-bond donors (Lipinski definition) is 1. The maximum atomic E-state index is 4.50. The van der Waals surface area contributed by atoms with E-state index in [4.69, 9.17) is 0 Å². The molecule has 0 bridgehead atoms. The molecule has 0 spiro atoms. The molecule has 2 nitrogen and oxygen atoms in total. The predicted molar refractivity (Wildman–Crippen MR) is 81.8 cm³/mol. The maximum Gasteiger partial charge on any atom is -0.0195 e. The monoisotopic (exact) mass is 229 g/mol. The second kappa shape index (κ2) is 363000. The maximum absolute atomic E-state index is 4.50. The van der Waals surface area contributed by atoms with Gasteiger partial charge in [0.2, 0.25) is 0 Å². The van der Waals surface area contributed by atoms with Crippen LogP contribution in [0.1, 0.15) is 83.1 Å². The van der Waals surface area contributed by atoms with Crippen LogP contribution in [0.3, 0.4) is 0 Å². The molecule has 0 aromatic heterocycles. The average Bonchev–Trinajstić information content (AvgIpc) is 2.45. The minimum atomic E-state index is 0. The molecule has 4 N–H and O–H groups in total. The second-order valence-electron chi connectivity index (χ2n) is 0. The van der Waals surface area contributed by atoms with E-state index >= 15 is 0 Å². The van der Waals surface area contributed by atoms with E-state index in [-0.39, 0.29) is 5.48 Å². The number of nitrogens with two attached hydrogens (primary N) is 1. The van der Waals surface area contributed by atoms with Crippen LogP contribution in [-0.4, -0.2) is 12.5 Å². The molecule has 0 aromatic carbocycles. The molecule has 0 radical (unpaired) electrons. The molecule has 0 aliphatic heterocycles. The molecule has 0 saturated carbocycles. The highest BCUT2D eigenvalue weighted by Crippen LogP contribution is 1.15. The molecule has 106 valence electrons. The fraction of sp³-hybridized carbons (Fsp3) is 1.00. The van der Waals surface area contributed by atoms with Gasteiger partial charge in [0.25, 0.3) is 0 Å². The van der Waals surface area contributed by atoms with Gasteiger partial charge < -0.3 is 11.2 Å². The average molecular weight is 229 g/mol.